The van der Waals surface area contributed by atoms with Gasteiger partial charge in [0.2, 0.25) is 0 Å². The molecule has 0 spiro atoms. The normalized spacial score (nSPS) is 15.8. The summed E-state index contributed by atoms with van der Waals surface area (Å²) in [6.07, 6.45) is 30.4. The van der Waals surface area contributed by atoms with Gasteiger partial charge in [0, 0.05) is 51.5 Å². The third-order valence-corrected chi connectivity index (χ3v) is 28.5. The Morgan fingerprint density at radius 2 is 0.969 bits per heavy atom. The van der Waals surface area contributed by atoms with Crippen LogP contribution < -0.4 is 14.8 Å². The highest BCUT2D eigenvalue weighted by Crippen LogP contribution is 2.48. The van der Waals surface area contributed by atoms with Crippen LogP contribution in [-0.4, -0.2) is 86.2 Å². The van der Waals surface area contributed by atoms with Crippen molar-refractivity contribution >= 4 is 94.0 Å². The number of aromatic carboxylic acids is 2. The number of carbonyl (C=O) groups excluding carboxylic acids is 3. The average molecular weight is 1790 g/mol. The highest BCUT2D eigenvalue weighted by Gasteiger charge is 2.39. The van der Waals surface area contributed by atoms with Gasteiger partial charge in [0.15, 0.2) is 31.2 Å². The molecule has 3 heterocycles. The van der Waals surface area contributed by atoms with Crippen molar-refractivity contribution in [2.75, 3.05) is 30.0 Å². The number of aromatic nitrogens is 1. The molecule has 2 aliphatic carbocycles. The number of fused-ring (bicyclic) bond motifs is 5. The highest BCUT2D eigenvalue weighted by molar-refractivity contribution is 7.91. The maximum atomic E-state index is 13.0. The summed E-state index contributed by atoms with van der Waals surface area (Å²) in [5, 5.41) is 22.3. The lowest BCUT2D eigenvalue weighted by atomic mass is 9.71. The van der Waals surface area contributed by atoms with E-state index in [0.29, 0.717) is 58.5 Å². The molecule has 1 amide bonds. The predicted molar refractivity (Wildman–Crippen MR) is 533 cm³/mol. The van der Waals surface area contributed by atoms with Crippen LogP contribution in [0.1, 0.15) is 308 Å². The number of aryl methyl sites for hydroxylation is 1. The van der Waals surface area contributed by atoms with Crippen LogP contribution in [0.4, 0.5) is 5.69 Å². The molecule has 14 rings (SSSR count). The lowest BCUT2D eigenvalue weighted by Gasteiger charge is -2.33. The van der Waals surface area contributed by atoms with E-state index in [9.17, 15) is 40.8 Å². The van der Waals surface area contributed by atoms with Gasteiger partial charge in [-0.2, -0.15) is 0 Å². The van der Waals surface area contributed by atoms with E-state index in [2.05, 4.69) is 128 Å². The van der Waals surface area contributed by atoms with E-state index in [4.69, 9.17) is 19.7 Å². The smallest absolute Gasteiger partial charge is 0.335 e. The fourth-order valence-corrected chi connectivity index (χ4v) is 20.8. The summed E-state index contributed by atoms with van der Waals surface area (Å²) in [6.45, 7) is 32.3. The molecular weight excluding hydrogens is 1660 g/mol. The number of para-hydroxylation sites is 1. The van der Waals surface area contributed by atoms with Gasteiger partial charge < -0.3 is 25.0 Å². The number of nitrogens with zero attached hydrogens (tertiary/aromatic N) is 1. The van der Waals surface area contributed by atoms with Crippen LogP contribution in [0.15, 0.2) is 252 Å². The SMILES string of the molecule is C.CC1(C)CC=C(c2ccccc2)c2cc(C(=O)Cc3ccc(C(=O)O)cc3)ccc21.CCCCCCCOc1cc2c(cc1/C(C)=C/C=C/C(C)=C/C(C)=O)C(C)(C)CCS2(=O)=O.CCCCCCCOc1cc2c(cc1/C(C)=C/c1ccc(C(=O)O)cc1)C(C)(C)CCS2(=O)=O.Cc1ccc(NC(=O)c2ccc3c(c2)C(c2cnc4ccccc4c2)=CCC3(C)C)cc1. The minimum atomic E-state index is -3.35. The highest BCUT2D eigenvalue weighted by atomic mass is 32.2. The molecule has 10 aromatic rings. The van der Waals surface area contributed by atoms with Crippen molar-refractivity contribution in [1.29, 1.82) is 0 Å². The van der Waals surface area contributed by atoms with Crippen molar-refractivity contribution < 1.29 is 60.5 Å². The second-order valence-electron chi connectivity index (χ2n) is 37.2. The van der Waals surface area contributed by atoms with Gasteiger partial charge in [-0.25, -0.2) is 26.4 Å². The van der Waals surface area contributed by atoms with Gasteiger partial charge in [-0.15, -0.1) is 0 Å². The molecule has 0 saturated carbocycles. The number of unbranched alkanes of at least 4 members (excludes halogenated alkanes) is 8. The maximum absolute atomic E-state index is 13.0. The number of Topliss-reactive ketones (excluding diaryl/α,β-unsaturated/α-hetero) is 1. The second kappa shape index (κ2) is 44.1. The standard InChI is InChI=1S/C29H26N2O.C28H36O5S.C28H40O4S.C27H24O3.CH4/c1-19-8-11-23(12-9-19)31-28(32)21-10-13-26-25(17-21)24(14-15-29(26,2)3)22-16-20-6-4-5-7-27(20)30-18-22;1-5-6-7-8-9-15-33-25-19-26-24(28(3,4)14-16-34(26,31)32)18-23(25)20(2)17-21-10-12-22(13-11-21)27(29)30;1-7-8-9-10-11-16-32-26-20-27-25(28(5,6)15-17-33(27,30)31)19-24(26)22(3)14-12-13-21(2)18-23(4)29;1-27(2)15-14-22(19-6-4-3-5-7-19)23-17-21(12-13-24(23)27)25(28)16-18-8-10-20(11-9-18)26(29)30;/h4-14,16-18H,15H2,1-3H3,(H,31,32);10-13,17-19H,5-9,14-16H2,1-4H3,(H,29,30);12-14,18-20H,7-11,15-17H2,1-6H3;3-14,17H,15-16H2,1-2H3,(H,29,30);1H4/b;20-17+;13-12+,21-18+,22-14+;;. The van der Waals surface area contributed by atoms with Crippen molar-refractivity contribution in [2.45, 2.75) is 239 Å². The van der Waals surface area contributed by atoms with E-state index < -0.39 is 31.6 Å². The van der Waals surface area contributed by atoms with Crippen LogP contribution in [0.25, 0.3) is 39.3 Å². The molecule has 0 unspecified atom stereocenters. The monoisotopic (exact) mass is 1790 g/mol. The number of carboxylic acids is 2. The van der Waals surface area contributed by atoms with Crippen LogP contribution in [0.3, 0.4) is 0 Å². The fourth-order valence-electron chi connectivity index (χ4n) is 16.9. The van der Waals surface area contributed by atoms with Gasteiger partial charge in [0.05, 0.1) is 51.2 Å². The van der Waals surface area contributed by atoms with Crippen LogP contribution >= 0.6 is 0 Å². The quantitative estimate of drug-likeness (QED) is 0.0130. The zero-order valence-corrected chi connectivity index (χ0v) is 79.3. The van der Waals surface area contributed by atoms with Gasteiger partial charge in [-0.1, -0.05) is 273 Å². The van der Waals surface area contributed by atoms with Crippen molar-refractivity contribution in [3.05, 3.63) is 337 Å². The number of carbonyl (C=O) groups is 5. The largest absolute Gasteiger partial charge is 0.493 e. The molecule has 0 saturated heterocycles. The first kappa shape index (κ1) is 100. The minimum Gasteiger partial charge on any atom is -0.493 e. The zero-order valence-electron chi connectivity index (χ0n) is 77.7. The Bertz CT molecular complexity index is 6220. The minimum absolute atomic E-state index is 0. The number of amides is 1. The van der Waals surface area contributed by atoms with Gasteiger partial charge in [-0.3, -0.25) is 19.4 Å². The molecule has 0 fully saturated rings. The average Bonchev–Trinajstić information content (AvgIpc) is 0.752. The fraction of sp³-hybridized carbons (Fsp3) is 0.345. The molecule has 3 N–H and O–H groups in total. The summed E-state index contributed by atoms with van der Waals surface area (Å²) in [4.78, 5) is 64.9. The van der Waals surface area contributed by atoms with Crippen molar-refractivity contribution in [3.63, 3.8) is 0 Å². The Kier molecular flexibility index (Phi) is 34.0. The van der Waals surface area contributed by atoms with Crippen LogP contribution in [-0.2, 0) is 52.5 Å². The Labute approximate surface area is 772 Å². The maximum Gasteiger partial charge on any atom is 0.335 e. The summed E-state index contributed by atoms with van der Waals surface area (Å²) in [6, 6.07) is 61.2. The van der Waals surface area contributed by atoms with E-state index in [1.807, 2.05) is 155 Å². The molecule has 9 aromatic carbocycles. The summed E-state index contributed by atoms with van der Waals surface area (Å²) in [7, 11) is -6.66. The lowest BCUT2D eigenvalue weighted by Crippen LogP contribution is -2.30. The molecule has 682 valence electrons. The Morgan fingerprint density at radius 1 is 0.492 bits per heavy atom. The summed E-state index contributed by atoms with van der Waals surface area (Å²) in [5.41, 5.74) is 21.6. The van der Waals surface area contributed by atoms with E-state index in [-0.39, 0.29) is 75.6 Å². The number of carboxylic acid groups (broad SMARTS) is 2. The van der Waals surface area contributed by atoms with Crippen LogP contribution in [0, 0.1) is 6.92 Å². The molecule has 0 atom stereocenters. The second-order valence-corrected chi connectivity index (χ2v) is 41.4. The number of rotatable bonds is 29. The molecule has 17 heteroatoms. The first-order valence-corrected chi connectivity index (χ1v) is 48.6. The van der Waals surface area contributed by atoms with Crippen molar-refractivity contribution in [1.82, 2.24) is 4.98 Å². The van der Waals surface area contributed by atoms with Crippen molar-refractivity contribution in [3.8, 4) is 11.5 Å². The predicted octanol–water partition coefficient (Wildman–Crippen LogP) is 27.2. The molecule has 2 aliphatic heterocycles. The van der Waals surface area contributed by atoms with E-state index >= 15 is 0 Å². The number of allylic oxidation sites excluding steroid dienone is 9. The summed E-state index contributed by atoms with van der Waals surface area (Å²) in [5.74, 6) is -0.450. The van der Waals surface area contributed by atoms with Gasteiger partial charge >= 0.3 is 11.9 Å². The number of ether oxygens (including phenoxy) is 2. The van der Waals surface area contributed by atoms with Crippen molar-refractivity contribution in [2.24, 2.45) is 0 Å². The Hall–Kier alpha value is -11.9. The van der Waals surface area contributed by atoms with Gasteiger partial charge in [0.25, 0.3) is 5.91 Å². The molecule has 4 aliphatic rings. The number of ketones is 2. The molecule has 15 nitrogen and oxygen atoms in total. The zero-order chi connectivity index (χ0) is 93.2. The molecule has 0 radical (unpaired) electrons. The molecule has 130 heavy (non-hydrogen) atoms. The van der Waals surface area contributed by atoms with Crippen LogP contribution in [0.5, 0.6) is 11.5 Å². The van der Waals surface area contributed by atoms with E-state index in [0.717, 1.165) is 139 Å². The number of sulfone groups is 2. The van der Waals surface area contributed by atoms with E-state index in [1.54, 1.807) is 54.6 Å². The topological polar surface area (TPSA) is 237 Å². The molecule has 0 bridgehead atoms. The number of hydrogen-bond acceptors (Lipinski definition) is 12. The first-order chi connectivity index (χ1) is 61.3. The Morgan fingerprint density at radius 3 is 1.49 bits per heavy atom. The number of nitrogens with one attached hydrogen (secondary N) is 1. The summed E-state index contributed by atoms with van der Waals surface area (Å²) < 4.78 is 63.9. The number of anilines is 1. The first-order valence-electron chi connectivity index (χ1n) is 45.3. The molecular formula is C113H130N2O13S2. The number of pyridine rings is 1. The third-order valence-electron chi connectivity index (χ3n) is 25.0. The Balaban J connectivity index is 0.000000180. The molecule has 1 aromatic heterocycles. The van der Waals surface area contributed by atoms with E-state index in [1.165, 1.54) is 74.3 Å². The third kappa shape index (κ3) is 25.8. The lowest BCUT2D eigenvalue weighted by molar-refractivity contribution is -0.112. The van der Waals surface area contributed by atoms with Gasteiger partial charge in [0.1, 0.15) is 11.5 Å². The number of benzene rings is 9. The van der Waals surface area contributed by atoms with Gasteiger partial charge in [-0.05, 0) is 270 Å². The van der Waals surface area contributed by atoms with Crippen LogP contribution in [0.2, 0.25) is 0 Å². The summed E-state index contributed by atoms with van der Waals surface area (Å²) >= 11 is 0. The number of hydrogen-bond donors (Lipinski definition) is 3.